The van der Waals surface area contributed by atoms with E-state index < -0.39 is 6.23 Å². The third kappa shape index (κ3) is 3.58. The molecule has 29 heavy (non-hydrogen) atoms. The van der Waals surface area contributed by atoms with E-state index >= 15 is 0 Å². The largest absolute Gasteiger partial charge is 0.491 e. The molecule has 2 N–H and O–H groups in total. The molecule has 0 bridgehead atoms. The average molecular weight is 392 g/mol. The van der Waals surface area contributed by atoms with Crippen molar-refractivity contribution in [1.29, 1.82) is 0 Å². The zero-order valence-electron chi connectivity index (χ0n) is 16.9. The molecule has 0 aliphatic carbocycles. The molecule has 0 aliphatic heterocycles. The molecule has 1 aromatic carbocycles. The lowest BCUT2D eigenvalue weighted by molar-refractivity contribution is 0.0846. The summed E-state index contributed by atoms with van der Waals surface area (Å²) in [6.07, 6.45) is 3.44. The number of aromatic amines is 1. The number of ether oxygens (including phenoxy) is 1. The fraction of sp³-hybridized carbons (Fsp3) is 0.333. The number of aliphatic hydroxyl groups excluding tert-OH is 1. The number of H-pyrrole nitrogens is 1. The summed E-state index contributed by atoms with van der Waals surface area (Å²) in [5, 5.41) is 22.8. The van der Waals surface area contributed by atoms with Gasteiger partial charge in [0.2, 0.25) is 0 Å². The van der Waals surface area contributed by atoms with Gasteiger partial charge in [-0.3, -0.25) is 5.10 Å². The fourth-order valence-electron chi connectivity index (χ4n) is 3.28. The number of rotatable bonds is 6. The monoisotopic (exact) mass is 392 g/mol. The van der Waals surface area contributed by atoms with Crippen molar-refractivity contribution in [3.8, 4) is 28.5 Å². The lowest BCUT2D eigenvalue weighted by Gasteiger charge is -2.11. The Morgan fingerprint density at radius 2 is 2.07 bits per heavy atom. The molecule has 8 heteroatoms. The molecule has 0 saturated carbocycles. The van der Waals surface area contributed by atoms with Crippen molar-refractivity contribution >= 4 is 10.9 Å². The summed E-state index contributed by atoms with van der Waals surface area (Å²) in [4.78, 5) is 9.14. The van der Waals surface area contributed by atoms with Crippen LogP contribution in [0.1, 0.15) is 39.1 Å². The van der Waals surface area contributed by atoms with Crippen molar-refractivity contribution in [1.82, 2.24) is 29.9 Å². The molecule has 1 unspecified atom stereocenters. The minimum atomic E-state index is -0.653. The molecule has 3 heterocycles. The number of benzene rings is 1. The van der Waals surface area contributed by atoms with Crippen molar-refractivity contribution < 1.29 is 9.84 Å². The average Bonchev–Trinajstić information content (AvgIpc) is 3.30. The van der Waals surface area contributed by atoms with Gasteiger partial charge < -0.3 is 9.84 Å². The number of fused-ring (bicyclic) bond motifs is 1. The summed E-state index contributed by atoms with van der Waals surface area (Å²) in [5.74, 6) is 1.29. The molecular weight excluding hydrogens is 368 g/mol. The second-order valence-corrected chi connectivity index (χ2v) is 7.19. The molecule has 4 rings (SSSR count). The Bertz CT molecular complexity index is 1150. The zero-order chi connectivity index (χ0) is 20.5. The van der Waals surface area contributed by atoms with Crippen molar-refractivity contribution in [2.75, 3.05) is 0 Å². The first-order valence-corrected chi connectivity index (χ1v) is 9.68. The van der Waals surface area contributed by atoms with Crippen molar-refractivity contribution in [3.05, 3.63) is 42.4 Å². The Labute approximate surface area is 168 Å². The highest BCUT2D eigenvalue weighted by Crippen LogP contribution is 2.30. The number of aromatic nitrogens is 6. The molecule has 150 valence electrons. The minimum absolute atomic E-state index is 0.0837. The van der Waals surface area contributed by atoms with E-state index in [4.69, 9.17) is 9.72 Å². The van der Waals surface area contributed by atoms with E-state index in [1.165, 1.54) is 0 Å². The maximum absolute atomic E-state index is 10.1. The molecule has 0 spiro atoms. The quantitative estimate of drug-likeness (QED) is 0.516. The second-order valence-electron chi connectivity index (χ2n) is 7.19. The van der Waals surface area contributed by atoms with Crippen LogP contribution in [0.4, 0.5) is 0 Å². The highest BCUT2D eigenvalue weighted by molar-refractivity contribution is 5.92. The van der Waals surface area contributed by atoms with Crippen LogP contribution in [-0.2, 0) is 0 Å². The number of aliphatic hydroxyl groups is 1. The van der Waals surface area contributed by atoms with Gasteiger partial charge >= 0.3 is 0 Å². The van der Waals surface area contributed by atoms with Gasteiger partial charge in [0.1, 0.15) is 17.7 Å². The van der Waals surface area contributed by atoms with Crippen LogP contribution >= 0.6 is 0 Å². The van der Waals surface area contributed by atoms with Gasteiger partial charge in [0, 0.05) is 22.8 Å². The van der Waals surface area contributed by atoms with Gasteiger partial charge in [0.05, 0.1) is 23.5 Å². The van der Waals surface area contributed by atoms with Crippen LogP contribution in [0.15, 0.2) is 36.7 Å². The van der Waals surface area contributed by atoms with Gasteiger partial charge in [-0.15, -0.1) is 0 Å². The third-order valence-corrected chi connectivity index (χ3v) is 4.74. The Kier molecular flexibility index (Phi) is 5.02. The summed E-state index contributed by atoms with van der Waals surface area (Å²) in [6.45, 7) is 7.81. The summed E-state index contributed by atoms with van der Waals surface area (Å²) >= 11 is 0. The molecule has 0 saturated heterocycles. The fourth-order valence-corrected chi connectivity index (χ4v) is 3.28. The standard InChI is InChI=1S/C21H24N6O2/c1-5-19(28)27-13(4)16(11-23-27)17-8-9-22-21(24-17)20-15-10-14(29-12(2)3)6-7-18(15)25-26-20/h6-12,19,28H,5H2,1-4H3,(H,25,26). The molecule has 4 aromatic rings. The summed E-state index contributed by atoms with van der Waals surface area (Å²) < 4.78 is 7.42. The van der Waals surface area contributed by atoms with Gasteiger partial charge in [0.15, 0.2) is 5.82 Å². The van der Waals surface area contributed by atoms with Gasteiger partial charge in [-0.1, -0.05) is 6.92 Å². The Balaban J connectivity index is 1.76. The lowest BCUT2D eigenvalue weighted by Crippen LogP contribution is -2.10. The highest BCUT2D eigenvalue weighted by Gasteiger charge is 2.17. The second kappa shape index (κ2) is 7.63. The van der Waals surface area contributed by atoms with E-state index in [0.29, 0.717) is 17.9 Å². The van der Waals surface area contributed by atoms with Gasteiger partial charge in [-0.25, -0.2) is 14.6 Å². The van der Waals surface area contributed by atoms with E-state index in [1.807, 2.05) is 52.0 Å². The van der Waals surface area contributed by atoms with Crippen LogP contribution in [0.2, 0.25) is 0 Å². The number of hydrogen-bond acceptors (Lipinski definition) is 6. The van der Waals surface area contributed by atoms with Crippen LogP contribution < -0.4 is 4.74 Å². The van der Waals surface area contributed by atoms with Crippen molar-refractivity contribution in [3.63, 3.8) is 0 Å². The highest BCUT2D eigenvalue weighted by atomic mass is 16.5. The Morgan fingerprint density at radius 3 is 2.83 bits per heavy atom. The minimum Gasteiger partial charge on any atom is -0.491 e. The van der Waals surface area contributed by atoms with Gasteiger partial charge in [0.25, 0.3) is 0 Å². The van der Waals surface area contributed by atoms with Crippen molar-refractivity contribution in [2.45, 2.75) is 46.4 Å². The van der Waals surface area contributed by atoms with Crippen LogP contribution in [0.5, 0.6) is 5.75 Å². The molecule has 3 aromatic heterocycles. The lowest BCUT2D eigenvalue weighted by atomic mass is 10.1. The van der Waals surface area contributed by atoms with Crippen LogP contribution in [0.3, 0.4) is 0 Å². The first-order chi connectivity index (χ1) is 14.0. The van der Waals surface area contributed by atoms with E-state index in [2.05, 4.69) is 20.3 Å². The molecule has 0 fully saturated rings. The first-order valence-electron chi connectivity index (χ1n) is 9.68. The maximum Gasteiger partial charge on any atom is 0.181 e. The molecule has 0 radical (unpaired) electrons. The summed E-state index contributed by atoms with van der Waals surface area (Å²) in [6, 6.07) is 7.63. The molecule has 0 amide bonds. The molecule has 8 nitrogen and oxygen atoms in total. The Morgan fingerprint density at radius 1 is 1.24 bits per heavy atom. The summed E-state index contributed by atoms with van der Waals surface area (Å²) in [5.41, 5.74) is 3.98. The van der Waals surface area contributed by atoms with E-state index in [9.17, 15) is 5.11 Å². The normalized spacial score (nSPS) is 12.6. The SMILES string of the molecule is CCC(O)n1ncc(-c2ccnc(-c3n[nH]c4ccc(OC(C)C)cc34)n2)c1C. The molecular formula is C21H24N6O2. The third-order valence-electron chi connectivity index (χ3n) is 4.74. The van der Waals surface area contributed by atoms with Crippen LogP contribution in [-0.4, -0.2) is 41.2 Å². The van der Waals surface area contributed by atoms with Crippen LogP contribution in [0.25, 0.3) is 33.7 Å². The predicted molar refractivity (Wildman–Crippen MR) is 110 cm³/mol. The van der Waals surface area contributed by atoms with E-state index in [1.54, 1.807) is 17.1 Å². The van der Waals surface area contributed by atoms with Gasteiger partial charge in [-0.2, -0.15) is 10.2 Å². The van der Waals surface area contributed by atoms with Crippen molar-refractivity contribution in [2.24, 2.45) is 0 Å². The zero-order valence-corrected chi connectivity index (χ0v) is 16.9. The molecule has 0 aliphatic rings. The maximum atomic E-state index is 10.1. The number of nitrogens with zero attached hydrogens (tertiary/aromatic N) is 5. The van der Waals surface area contributed by atoms with E-state index in [0.717, 1.165) is 33.6 Å². The topological polar surface area (TPSA) is 102 Å². The Hall–Kier alpha value is -3.26. The van der Waals surface area contributed by atoms with Gasteiger partial charge in [-0.05, 0) is 51.5 Å². The summed E-state index contributed by atoms with van der Waals surface area (Å²) in [7, 11) is 0. The van der Waals surface area contributed by atoms with Crippen LogP contribution in [0, 0.1) is 6.92 Å². The smallest absolute Gasteiger partial charge is 0.181 e. The first kappa shape index (κ1) is 19.1. The number of nitrogens with one attached hydrogen (secondary N) is 1. The predicted octanol–water partition coefficient (Wildman–Crippen LogP) is 3.88. The number of hydrogen-bond donors (Lipinski definition) is 2. The molecule has 1 atom stereocenters. The van der Waals surface area contributed by atoms with E-state index in [-0.39, 0.29) is 6.10 Å².